The number of benzene rings is 1. The molecule has 20 heavy (non-hydrogen) atoms. The minimum atomic E-state index is -0.309. The molecule has 0 saturated heterocycles. The van der Waals surface area contributed by atoms with Crippen LogP contribution < -0.4 is 11.1 Å². The number of carbonyl (C=O) groups excluding carboxylic acids is 1. The number of nitrogens with zero attached hydrogens (tertiary/aromatic N) is 1. The van der Waals surface area contributed by atoms with Gasteiger partial charge in [-0.2, -0.15) is 0 Å². The van der Waals surface area contributed by atoms with Gasteiger partial charge in [0.25, 0.3) is 0 Å². The number of nitrogens with one attached hydrogen (secondary N) is 1. The number of primary amides is 1. The van der Waals surface area contributed by atoms with E-state index in [0.717, 1.165) is 16.3 Å². The van der Waals surface area contributed by atoms with E-state index in [0.29, 0.717) is 0 Å². The van der Waals surface area contributed by atoms with Crippen molar-refractivity contribution in [1.29, 1.82) is 0 Å². The van der Waals surface area contributed by atoms with Crippen LogP contribution in [0.15, 0.2) is 34.7 Å². The average molecular weight is 307 g/mol. The molecule has 0 aliphatic carbocycles. The molecule has 1 unspecified atom stereocenters. The van der Waals surface area contributed by atoms with Crippen LogP contribution in [0.3, 0.4) is 0 Å². The van der Waals surface area contributed by atoms with Crippen molar-refractivity contribution in [2.24, 2.45) is 5.73 Å². The topological polar surface area (TPSA) is 68.0 Å². The lowest BCUT2D eigenvalue weighted by molar-refractivity contribution is -0.115. The molecule has 1 aromatic heterocycles. The van der Waals surface area contributed by atoms with Gasteiger partial charge in [-0.05, 0) is 26.0 Å². The molecule has 106 valence electrons. The molecule has 0 bridgehead atoms. The van der Waals surface area contributed by atoms with Crippen molar-refractivity contribution in [1.82, 2.24) is 4.98 Å². The smallest absolute Gasteiger partial charge is 0.227 e. The lowest BCUT2D eigenvalue weighted by Gasteiger charge is -2.17. The SMILES string of the molecule is Cc1ncsc1C(C)Nc1ccccc1SCC(N)=O. The molecule has 3 N–H and O–H groups in total. The number of hydrogen-bond acceptors (Lipinski definition) is 5. The third-order valence-corrected chi connectivity index (χ3v) is 5.01. The Morgan fingerprint density at radius 1 is 1.50 bits per heavy atom. The van der Waals surface area contributed by atoms with Gasteiger partial charge in [0.1, 0.15) is 0 Å². The number of nitrogens with two attached hydrogens (primary N) is 1. The highest BCUT2D eigenvalue weighted by atomic mass is 32.2. The molecule has 0 saturated carbocycles. The number of aromatic nitrogens is 1. The minimum Gasteiger partial charge on any atom is -0.377 e. The quantitative estimate of drug-likeness (QED) is 0.804. The van der Waals surface area contributed by atoms with E-state index in [1.165, 1.54) is 16.6 Å². The van der Waals surface area contributed by atoms with E-state index in [4.69, 9.17) is 5.73 Å². The molecule has 6 heteroatoms. The normalized spacial score (nSPS) is 12.1. The Kier molecular flexibility index (Phi) is 5.03. The number of thioether (sulfide) groups is 1. The lowest BCUT2D eigenvalue weighted by Crippen LogP contribution is -2.13. The van der Waals surface area contributed by atoms with Gasteiger partial charge >= 0.3 is 0 Å². The molecule has 4 nitrogen and oxygen atoms in total. The summed E-state index contributed by atoms with van der Waals surface area (Å²) >= 11 is 3.10. The van der Waals surface area contributed by atoms with E-state index in [9.17, 15) is 4.79 Å². The number of thiazole rings is 1. The number of amides is 1. The van der Waals surface area contributed by atoms with Gasteiger partial charge in [-0.25, -0.2) is 4.98 Å². The predicted octanol–water partition coefficient (Wildman–Crippen LogP) is 3.20. The molecular formula is C14H17N3OS2. The molecule has 1 aromatic carbocycles. The van der Waals surface area contributed by atoms with Gasteiger partial charge in [0.15, 0.2) is 0 Å². The number of para-hydroxylation sites is 1. The third kappa shape index (κ3) is 3.74. The molecule has 2 rings (SSSR count). The highest BCUT2D eigenvalue weighted by Crippen LogP contribution is 2.31. The van der Waals surface area contributed by atoms with Gasteiger partial charge in [0.05, 0.1) is 23.0 Å². The van der Waals surface area contributed by atoms with E-state index in [-0.39, 0.29) is 17.7 Å². The molecule has 1 atom stereocenters. The van der Waals surface area contributed by atoms with Crippen LogP contribution in [-0.2, 0) is 4.79 Å². The first-order valence-electron chi connectivity index (χ1n) is 6.24. The summed E-state index contributed by atoms with van der Waals surface area (Å²) < 4.78 is 0. The summed E-state index contributed by atoms with van der Waals surface area (Å²) in [4.78, 5) is 17.4. The van der Waals surface area contributed by atoms with Gasteiger partial charge in [-0.1, -0.05) is 12.1 Å². The highest BCUT2D eigenvalue weighted by Gasteiger charge is 2.13. The molecule has 0 spiro atoms. The van der Waals surface area contributed by atoms with Crippen LogP contribution in [0.2, 0.25) is 0 Å². The van der Waals surface area contributed by atoms with Crippen LogP contribution in [-0.4, -0.2) is 16.6 Å². The first-order valence-corrected chi connectivity index (χ1v) is 8.11. The Hall–Kier alpha value is -1.53. The maximum absolute atomic E-state index is 10.9. The summed E-state index contributed by atoms with van der Waals surface area (Å²) in [6, 6.07) is 8.11. The van der Waals surface area contributed by atoms with E-state index in [1.54, 1.807) is 11.3 Å². The number of aryl methyl sites for hydroxylation is 1. The standard InChI is InChI=1S/C14H17N3OS2/c1-9-14(20-8-16-9)10(2)17-11-5-3-4-6-12(11)19-7-13(15)18/h3-6,8,10,17H,7H2,1-2H3,(H2,15,18). The second-order valence-corrected chi connectivity index (χ2v) is 6.32. The molecule has 0 fully saturated rings. The first kappa shape index (κ1) is 14.9. The zero-order valence-electron chi connectivity index (χ0n) is 11.4. The van der Waals surface area contributed by atoms with Crippen molar-refractivity contribution in [3.63, 3.8) is 0 Å². The number of hydrogen-bond donors (Lipinski definition) is 2. The number of carbonyl (C=O) groups is 1. The van der Waals surface area contributed by atoms with E-state index >= 15 is 0 Å². The van der Waals surface area contributed by atoms with Crippen LogP contribution >= 0.6 is 23.1 Å². The third-order valence-electron chi connectivity index (χ3n) is 2.80. The van der Waals surface area contributed by atoms with Crippen LogP contribution in [0.25, 0.3) is 0 Å². The maximum Gasteiger partial charge on any atom is 0.227 e. The van der Waals surface area contributed by atoms with Crippen LogP contribution in [0, 0.1) is 6.92 Å². The van der Waals surface area contributed by atoms with E-state index < -0.39 is 0 Å². The Bertz CT molecular complexity index is 598. The molecule has 0 aliphatic rings. The minimum absolute atomic E-state index is 0.179. The fourth-order valence-corrected chi connectivity index (χ4v) is 3.45. The van der Waals surface area contributed by atoms with Gasteiger partial charge in [0.2, 0.25) is 5.91 Å². The van der Waals surface area contributed by atoms with Crippen molar-refractivity contribution < 1.29 is 4.79 Å². The van der Waals surface area contributed by atoms with Crippen LogP contribution in [0.4, 0.5) is 5.69 Å². The molecular weight excluding hydrogens is 290 g/mol. The average Bonchev–Trinajstić information content (AvgIpc) is 2.84. The Balaban J connectivity index is 2.12. The Morgan fingerprint density at radius 3 is 2.90 bits per heavy atom. The number of rotatable bonds is 6. The van der Waals surface area contributed by atoms with Crippen molar-refractivity contribution in [3.8, 4) is 0 Å². The lowest BCUT2D eigenvalue weighted by atomic mass is 10.2. The maximum atomic E-state index is 10.9. The van der Waals surface area contributed by atoms with Crippen molar-refractivity contribution in [2.75, 3.05) is 11.1 Å². The molecule has 0 radical (unpaired) electrons. The monoisotopic (exact) mass is 307 g/mol. The Labute approximate surface area is 126 Å². The first-order chi connectivity index (χ1) is 9.58. The van der Waals surface area contributed by atoms with Crippen molar-refractivity contribution in [2.45, 2.75) is 24.8 Å². The molecule has 2 aromatic rings. The van der Waals surface area contributed by atoms with Gasteiger partial charge in [-0.15, -0.1) is 23.1 Å². The zero-order chi connectivity index (χ0) is 14.5. The second kappa shape index (κ2) is 6.76. The molecule has 0 aliphatic heterocycles. The summed E-state index contributed by atoms with van der Waals surface area (Å²) in [6.45, 7) is 4.12. The predicted molar refractivity (Wildman–Crippen MR) is 85.2 cm³/mol. The summed E-state index contributed by atoms with van der Waals surface area (Å²) in [6.07, 6.45) is 0. The van der Waals surface area contributed by atoms with E-state index in [2.05, 4.69) is 17.2 Å². The van der Waals surface area contributed by atoms with Crippen molar-refractivity contribution >= 4 is 34.7 Å². The molecule has 1 amide bonds. The van der Waals surface area contributed by atoms with Gasteiger partial charge < -0.3 is 11.1 Å². The second-order valence-electron chi connectivity index (χ2n) is 4.42. The summed E-state index contributed by atoms with van der Waals surface area (Å²) in [5.74, 6) is -0.0247. The summed E-state index contributed by atoms with van der Waals surface area (Å²) in [5.41, 5.74) is 9.13. The van der Waals surface area contributed by atoms with Crippen LogP contribution in [0.1, 0.15) is 23.5 Å². The fourth-order valence-electron chi connectivity index (χ4n) is 1.89. The highest BCUT2D eigenvalue weighted by molar-refractivity contribution is 8.00. The largest absolute Gasteiger partial charge is 0.377 e. The summed E-state index contributed by atoms with van der Waals surface area (Å²) in [7, 11) is 0. The fraction of sp³-hybridized carbons (Fsp3) is 0.286. The number of anilines is 1. The van der Waals surface area contributed by atoms with Crippen molar-refractivity contribution in [3.05, 3.63) is 40.3 Å². The van der Waals surface area contributed by atoms with Crippen LogP contribution in [0.5, 0.6) is 0 Å². The zero-order valence-corrected chi connectivity index (χ0v) is 13.1. The summed E-state index contributed by atoms with van der Waals surface area (Å²) in [5, 5.41) is 3.47. The van der Waals surface area contributed by atoms with Gasteiger partial charge in [0, 0.05) is 15.5 Å². The van der Waals surface area contributed by atoms with E-state index in [1.807, 2.05) is 36.7 Å². The molecule has 1 heterocycles. The van der Waals surface area contributed by atoms with Gasteiger partial charge in [-0.3, -0.25) is 4.79 Å². The Morgan fingerprint density at radius 2 is 2.25 bits per heavy atom.